The number of amides is 2. The number of nitrogens with zero attached hydrogens (tertiary/aromatic N) is 3. The number of sulfonamides is 1. The fraction of sp³-hybridized carbons (Fsp3) is 0.409. The number of hydrogen-bond donors (Lipinski definition) is 1. The highest BCUT2D eigenvalue weighted by atomic mass is 32.2. The molecule has 2 aromatic rings. The minimum Gasteiger partial charge on any atom is -0.493 e. The second-order valence-corrected chi connectivity index (χ2v) is 9.56. The number of aryl methyl sites for hydroxylation is 2. The molecule has 1 N–H and O–H groups in total. The Morgan fingerprint density at radius 1 is 1.09 bits per heavy atom. The molecular weight excluding hydrogens is 432 g/mol. The van der Waals surface area contributed by atoms with Crippen molar-refractivity contribution in [1.82, 2.24) is 14.2 Å². The van der Waals surface area contributed by atoms with Crippen molar-refractivity contribution < 1.29 is 22.7 Å². The van der Waals surface area contributed by atoms with E-state index < -0.39 is 10.0 Å². The van der Waals surface area contributed by atoms with E-state index in [0.717, 1.165) is 5.56 Å². The number of nitrogens with one attached hydrogen (secondary N) is 1. The Morgan fingerprint density at radius 2 is 1.81 bits per heavy atom. The second-order valence-electron chi connectivity index (χ2n) is 7.66. The number of benzene rings is 1. The first-order chi connectivity index (χ1) is 15.2. The number of piperazine rings is 1. The summed E-state index contributed by atoms with van der Waals surface area (Å²) >= 11 is 0. The molecule has 0 spiro atoms. The molecule has 0 saturated carbocycles. The third kappa shape index (κ3) is 5.43. The lowest BCUT2D eigenvalue weighted by Gasteiger charge is -2.34. The first-order valence-corrected chi connectivity index (χ1v) is 11.8. The van der Waals surface area contributed by atoms with E-state index in [0.29, 0.717) is 35.1 Å². The van der Waals surface area contributed by atoms with Gasteiger partial charge in [0, 0.05) is 45.2 Å². The van der Waals surface area contributed by atoms with Gasteiger partial charge in [0.2, 0.25) is 21.8 Å². The third-order valence-electron chi connectivity index (χ3n) is 5.37. The van der Waals surface area contributed by atoms with Crippen LogP contribution in [-0.4, -0.2) is 67.7 Å². The average Bonchev–Trinajstić information content (AvgIpc) is 2.79. The van der Waals surface area contributed by atoms with E-state index in [-0.39, 0.29) is 37.7 Å². The molecule has 2 heterocycles. The Hall–Kier alpha value is -2.98. The summed E-state index contributed by atoms with van der Waals surface area (Å²) in [7, 11) is -2.14. The Kier molecular flexibility index (Phi) is 7.47. The Labute approximate surface area is 188 Å². The van der Waals surface area contributed by atoms with Crippen LogP contribution in [0.2, 0.25) is 0 Å². The van der Waals surface area contributed by atoms with Crippen molar-refractivity contribution in [3.05, 3.63) is 47.7 Å². The van der Waals surface area contributed by atoms with Gasteiger partial charge in [0.15, 0.2) is 11.6 Å². The van der Waals surface area contributed by atoms with E-state index in [1.165, 1.54) is 17.6 Å². The van der Waals surface area contributed by atoms with Crippen LogP contribution in [0.3, 0.4) is 0 Å². The number of ether oxygens (including phenoxy) is 1. The second kappa shape index (κ2) is 10.1. The molecule has 0 radical (unpaired) electrons. The van der Waals surface area contributed by atoms with Gasteiger partial charge in [-0.15, -0.1) is 0 Å². The van der Waals surface area contributed by atoms with E-state index in [1.54, 1.807) is 36.1 Å². The fourth-order valence-electron chi connectivity index (χ4n) is 3.52. The molecule has 1 aliphatic heterocycles. The zero-order chi connectivity index (χ0) is 23.3. The van der Waals surface area contributed by atoms with Crippen LogP contribution in [0.15, 0.2) is 41.4 Å². The molecule has 0 aliphatic carbocycles. The van der Waals surface area contributed by atoms with Crippen LogP contribution < -0.4 is 10.1 Å². The van der Waals surface area contributed by atoms with Gasteiger partial charge < -0.3 is 15.0 Å². The molecule has 0 unspecified atom stereocenters. The van der Waals surface area contributed by atoms with Gasteiger partial charge in [-0.2, -0.15) is 4.31 Å². The van der Waals surface area contributed by atoms with E-state index in [9.17, 15) is 18.0 Å². The lowest BCUT2D eigenvalue weighted by atomic mass is 10.2. The number of hydrogen-bond acceptors (Lipinski definition) is 6. The summed E-state index contributed by atoms with van der Waals surface area (Å²) in [6, 6.07) is 8.73. The molecule has 1 saturated heterocycles. The Bertz CT molecular complexity index is 1100. The SMILES string of the molecule is COc1cccnc1NC(=O)CCC(=O)N1CCN(S(=O)(=O)c2cc(C)ccc2C)CC1. The Morgan fingerprint density at radius 3 is 2.50 bits per heavy atom. The van der Waals surface area contributed by atoms with E-state index in [4.69, 9.17) is 4.74 Å². The summed E-state index contributed by atoms with van der Waals surface area (Å²) in [6.07, 6.45) is 1.57. The molecule has 2 amide bonds. The fourth-order valence-corrected chi connectivity index (χ4v) is 5.26. The van der Waals surface area contributed by atoms with E-state index >= 15 is 0 Å². The number of anilines is 1. The highest BCUT2D eigenvalue weighted by Gasteiger charge is 2.31. The number of methoxy groups -OCH3 is 1. The third-order valence-corrected chi connectivity index (χ3v) is 7.41. The molecule has 172 valence electrons. The van der Waals surface area contributed by atoms with Crippen molar-refractivity contribution >= 4 is 27.7 Å². The standard InChI is InChI=1S/C22H28N4O5S/c1-16-6-7-17(2)19(15-16)32(29,30)26-13-11-25(12-14-26)21(28)9-8-20(27)24-22-18(31-3)5-4-10-23-22/h4-7,10,15H,8-9,11-14H2,1-3H3,(H,23,24,27). The highest BCUT2D eigenvalue weighted by Crippen LogP contribution is 2.23. The summed E-state index contributed by atoms with van der Waals surface area (Å²) < 4.78 is 32.6. The van der Waals surface area contributed by atoms with Crippen molar-refractivity contribution in [2.75, 3.05) is 38.6 Å². The van der Waals surface area contributed by atoms with Crippen molar-refractivity contribution in [2.45, 2.75) is 31.6 Å². The first kappa shape index (κ1) is 23.7. The summed E-state index contributed by atoms with van der Waals surface area (Å²) in [5, 5.41) is 2.64. The maximum atomic E-state index is 13.0. The topological polar surface area (TPSA) is 109 Å². The van der Waals surface area contributed by atoms with Crippen molar-refractivity contribution in [3.8, 4) is 5.75 Å². The van der Waals surface area contributed by atoms with Crippen LogP contribution >= 0.6 is 0 Å². The Balaban J connectivity index is 1.52. The molecule has 1 aromatic heterocycles. The van der Waals surface area contributed by atoms with Crippen LogP contribution in [0.4, 0.5) is 5.82 Å². The number of aromatic nitrogens is 1. The maximum Gasteiger partial charge on any atom is 0.243 e. The van der Waals surface area contributed by atoms with Crippen LogP contribution in [0.1, 0.15) is 24.0 Å². The monoisotopic (exact) mass is 460 g/mol. The van der Waals surface area contributed by atoms with Gasteiger partial charge >= 0.3 is 0 Å². The van der Waals surface area contributed by atoms with Crippen LogP contribution in [0.25, 0.3) is 0 Å². The number of rotatable bonds is 7. The van der Waals surface area contributed by atoms with Crippen LogP contribution in [-0.2, 0) is 19.6 Å². The quantitative estimate of drug-likeness (QED) is 0.677. The molecule has 1 fully saturated rings. The van der Waals surface area contributed by atoms with Crippen molar-refractivity contribution in [1.29, 1.82) is 0 Å². The van der Waals surface area contributed by atoms with Crippen LogP contribution in [0, 0.1) is 13.8 Å². The summed E-state index contributed by atoms with van der Waals surface area (Å²) in [6.45, 7) is 4.65. The van der Waals surface area contributed by atoms with Gasteiger partial charge in [-0.25, -0.2) is 13.4 Å². The molecule has 10 heteroatoms. The number of carbonyl (C=O) groups is 2. The molecule has 0 atom stereocenters. The zero-order valence-corrected chi connectivity index (χ0v) is 19.3. The van der Waals surface area contributed by atoms with Gasteiger partial charge in [-0.3, -0.25) is 9.59 Å². The van der Waals surface area contributed by atoms with E-state index in [1.807, 2.05) is 13.0 Å². The zero-order valence-electron chi connectivity index (χ0n) is 18.5. The lowest BCUT2D eigenvalue weighted by Crippen LogP contribution is -2.50. The number of carbonyl (C=O) groups excluding carboxylic acids is 2. The van der Waals surface area contributed by atoms with Crippen LogP contribution in [0.5, 0.6) is 5.75 Å². The summed E-state index contributed by atoms with van der Waals surface area (Å²) in [5.74, 6) is 0.217. The molecular formula is C22H28N4O5S. The predicted octanol–water partition coefficient (Wildman–Crippen LogP) is 1.96. The minimum atomic E-state index is -3.62. The lowest BCUT2D eigenvalue weighted by molar-refractivity contribution is -0.133. The predicted molar refractivity (Wildman–Crippen MR) is 120 cm³/mol. The van der Waals surface area contributed by atoms with Crippen molar-refractivity contribution in [3.63, 3.8) is 0 Å². The summed E-state index contributed by atoms with van der Waals surface area (Å²) in [4.78, 5) is 30.7. The number of pyridine rings is 1. The maximum absolute atomic E-state index is 13.0. The van der Waals surface area contributed by atoms with Gasteiger partial charge in [-0.05, 0) is 43.2 Å². The van der Waals surface area contributed by atoms with Gasteiger partial charge in [0.1, 0.15) is 0 Å². The van der Waals surface area contributed by atoms with Crippen molar-refractivity contribution in [2.24, 2.45) is 0 Å². The molecule has 3 rings (SSSR count). The molecule has 1 aromatic carbocycles. The average molecular weight is 461 g/mol. The molecule has 1 aliphatic rings. The van der Waals surface area contributed by atoms with Gasteiger partial charge in [0.25, 0.3) is 0 Å². The van der Waals surface area contributed by atoms with Gasteiger partial charge in [0.05, 0.1) is 12.0 Å². The summed E-state index contributed by atoms with van der Waals surface area (Å²) in [5.41, 5.74) is 1.58. The van der Waals surface area contributed by atoms with E-state index in [2.05, 4.69) is 10.3 Å². The molecule has 32 heavy (non-hydrogen) atoms. The van der Waals surface area contributed by atoms with Gasteiger partial charge in [-0.1, -0.05) is 12.1 Å². The largest absolute Gasteiger partial charge is 0.493 e. The molecule has 0 bridgehead atoms. The normalized spacial score (nSPS) is 14.8. The smallest absolute Gasteiger partial charge is 0.243 e. The minimum absolute atomic E-state index is 0.000435. The highest BCUT2D eigenvalue weighted by molar-refractivity contribution is 7.89. The first-order valence-electron chi connectivity index (χ1n) is 10.4. The molecule has 9 nitrogen and oxygen atoms in total.